The van der Waals surface area contributed by atoms with Crippen LogP contribution in [-0.4, -0.2) is 52.8 Å². The first-order valence-corrected chi connectivity index (χ1v) is 7.82. The third kappa shape index (κ3) is 4.46. The third-order valence-electron chi connectivity index (χ3n) is 3.99. The number of nitrogens with zero attached hydrogens (tertiary/aromatic N) is 3. The molecule has 21 heavy (non-hydrogen) atoms. The first-order valence-electron chi connectivity index (χ1n) is 7.82. The summed E-state index contributed by atoms with van der Waals surface area (Å²) in [4.78, 5) is 18.3. The molecule has 1 N–H and O–H groups in total. The van der Waals surface area contributed by atoms with Crippen molar-refractivity contribution in [2.24, 2.45) is 0 Å². The van der Waals surface area contributed by atoms with Gasteiger partial charge in [-0.3, -0.25) is 0 Å². The number of aromatic nitrogens is 2. The van der Waals surface area contributed by atoms with Gasteiger partial charge in [-0.15, -0.1) is 0 Å². The van der Waals surface area contributed by atoms with Gasteiger partial charge in [0.25, 0.3) is 0 Å². The summed E-state index contributed by atoms with van der Waals surface area (Å²) in [7, 11) is 0. The molecular formula is C15H26N4O2. The fraction of sp³-hybridized carbons (Fsp3) is 0.733. The topological polar surface area (TPSA) is 59.4 Å². The molecule has 0 aromatic carbocycles. The Labute approximate surface area is 126 Å². The Morgan fingerprint density at radius 3 is 3.10 bits per heavy atom. The number of carbonyl (C=O) groups is 1. The lowest BCUT2D eigenvalue weighted by atomic mass is 10.2. The van der Waals surface area contributed by atoms with Gasteiger partial charge in [-0.25, -0.2) is 9.78 Å². The maximum Gasteiger partial charge on any atom is 0.317 e. The van der Waals surface area contributed by atoms with Gasteiger partial charge in [0.05, 0.1) is 19.3 Å². The second kappa shape index (κ2) is 8.02. The maximum absolute atomic E-state index is 12.2. The quantitative estimate of drug-likeness (QED) is 0.814. The Balaban J connectivity index is 1.63. The molecule has 1 saturated heterocycles. The van der Waals surface area contributed by atoms with Crippen LogP contribution in [-0.2, 0) is 11.3 Å². The van der Waals surface area contributed by atoms with Crippen LogP contribution in [0.5, 0.6) is 0 Å². The van der Waals surface area contributed by atoms with Crippen LogP contribution < -0.4 is 5.32 Å². The van der Waals surface area contributed by atoms with Crippen LogP contribution >= 0.6 is 0 Å². The smallest absolute Gasteiger partial charge is 0.317 e. The van der Waals surface area contributed by atoms with Gasteiger partial charge >= 0.3 is 6.03 Å². The van der Waals surface area contributed by atoms with Crippen molar-refractivity contribution in [3.05, 3.63) is 18.2 Å². The van der Waals surface area contributed by atoms with Crippen molar-refractivity contribution in [1.82, 2.24) is 19.8 Å². The van der Waals surface area contributed by atoms with E-state index < -0.39 is 0 Å². The molecule has 1 aliphatic rings. The number of amides is 2. The number of morpholine rings is 1. The van der Waals surface area contributed by atoms with E-state index in [0.717, 1.165) is 38.2 Å². The van der Waals surface area contributed by atoms with Crippen LogP contribution in [0.3, 0.4) is 0 Å². The van der Waals surface area contributed by atoms with Crippen LogP contribution in [0.2, 0.25) is 0 Å². The molecule has 1 aromatic rings. The van der Waals surface area contributed by atoms with Crippen molar-refractivity contribution in [3.8, 4) is 0 Å². The van der Waals surface area contributed by atoms with Crippen molar-refractivity contribution >= 4 is 6.03 Å². The van der Waals surface area contributed by atoms with E-state index in [-0.39, 0.29) is 12.1 Å². The van der Waals surface area contributed by atoms with Crippen LogP contribution in [0.25, 0.3) is 0 Å². The minimum absolute atomic E-state index is 0.0453. The van der Waals surface area contributed by atoms with Crippen molar-refractivity contribution in [2.45, 2.75) is 45.7 Å². The molecule has 1 aliphatic heterocycles. The predicted molar refractivity (Wildman–Crippen MR) is 81.2 cm³/mol. The number of hydrogen-bond acceptors (Lipinski definition) is 3. The second-order valence-corrected chi connectivity index (χ2v) is 5.44. The number of unbranched alkanes of at least 4 members (excludes halogenated alkanes) is 1. The molecule has 2 amide bonds. The number of aryl methyl sites for hydroxylation is 2. The first kappa shape index (κ1) is 15.8. The number of carbonyl (C=O) groups excluding carboxylic acids is 1. The monoisotopic (exact) mass is 294 g/mol. The van der Waals surface area contributed by atoms with Crippen molar-refractivity contribution in [1.29, 1.82) is 0 Å². The summed E-state index contributed by atoms with van der Waals surface area (Å²) in [5, 5.41) is 3.02. The Morgan fingerprint density at radius 1 is 1.52 bits per heavy atom. The van der Waals surface area contributed by atoms with Gasteiger partial charge in [-0.1, -0.05) is 6.92 Å². The molecule has 1 aromatic heterocycles. The Hall–Kier alpha value is -1.56. The number of urea groups is 1. The maximum atomic E-state index is 12.2. The van der Waals surface area contributed by atoms with E-state index in [1.807, 2.05) is 24.2 Å². The molecule has 1 unspecified atom stereocenters. The summed E-state index contributed by atoms with van der Waals surface area (Å²) in [5.74, 6) is 1.04. The zero-order chi connectivity index (χ0) is 15.1. The second-order valence-electron chi connectivity index (χ2n) is 5.44. The summed E-state index contributed by atoms with van der Waals surface area (Å²) in [6, 6.07) is 0.260. The number of imidazole rings is 1. The standard InChI is InChI=1S/C15H26N4O2/c1-3-14-12-21-11-10-19(14)15(20)17-6-4-5-8-18-9-7-16-13(18)2/h7,9,14H,3-6,8,10-12H2,1-2H3,(H,17,20). The van der Waals surface area contributed by atoms with Gasteiger partial charge in [-0.2, -0.15) is 0 Å². The van der Waals surface area contributed by atoms with Crippen molar-refractivity contribution in [2.75, 3.05) is 26.3 Å². The SMILES string of the molecule is CCC1COCCN1C(=O)NCCCCn1ccnc1C. The third-order valence-corrected chi connectivity index (χ3v) is 3.99. The van der Waals surface area contributed by atoms with Gasteiger partial charge in [0.15, 0.2) is 0 Å². The van der Waals surface area contributed by atoms with Gasteiger partial charge in [0.2, 0.25) is 0 Å². The van der Waals surface area contributed by atoms with E-state index >= 15 is 0 Å². The van der Waals surface area contributed by atoms with Crippen LogP contribution in [0.4, 0.5) is 4.79 Å². The molecule has 0 radical (unpaired) electrons. The van der Waals surface area contributed by atoms with Crippen molar-refractivity contribution in [3.63, 3.8) is 0 Å². The Kier molecular flexibility index (Phi) is 6.04. The Morgan fingerprint density at radius 2 is 2.38 bits per heavy atom. The normalized spacial score (nSPS) is 18.8. The summed E-state index contributed by atoms with van der Waals surface area (Å²) in [5.41, 5.74) is 0. The molecule has 2 heterocycles. The highest BCUT2D eigenvalue weighted by Crippen LogP contribution is 2.10. The van der Waals surface area contributed by atoms with E-state index in [9.17, 15) is 4.79 Å². The summed E-state index contributed by atoms with van der Waals surface area (Å²) >= 11 is 0. The number of ether oxygens (including phenoxy) is 1. The molecule has 6 heteroatoms. The van der Waals surface area contributed by atoms with Gasteiger partial charge in [0, 0.05) is 32.0 Å². The lowest BCUT2D eigenvalue weighted by Gasteiger charge is -2.35. The molecule has 118 valence electrons. The minimum Gasteiger partial charge on any atom is -0.377 e. The van der Waals surface area contributed by atoms with E-state index in [2.05, 4.69) is 21.8 Å². The molecule has 1 fully saturated rings. The molecule has 0 aliphatic carbocycles. The summed E-state index contributed by atoms with van der Waals surface area (Å²) in [6.07, 6.45) is 6.77. The molecule has 2 rings (SSSR count). The molecule has 0 saturated carbocycles. The van der Waals surface area contributed by atoms with E-state index in [1.54, 1.807) is 0 Å². The summed E-state index contributed by atoms with van der Waals surface area (Å²) in [6.45, 7) is 7.77. The number of nitrogens with one attached hydrogen (secondary N) is 1. The highest BCUT2D eigenvalue weighted by Gasteiger charge is 2.25. The largest absolute Gasteiger partial charge is 0.377 e. The van der Waals surface area contributed by atoms with Gasteiger partial charge in [-0.05, 0) is 26.2 Å². The summed E-state index contributed by atoms with van der Waals surface area (Å²) < 4.78 is 7.55. The fourth-order valence-corrected chi connectivity index (χ4v) is 2.60. The average molecular weight is 294 g/mol. The molecular weight excluding hydrogens is 268 g/mol. The zero-order valence-corrected chi connectivity index (χ0v) is 13.0. The lowest BCUT2D eigenvalue weighted by molar-refractivity contribution is 0.0113. The molecule has 0 bridgehead atoms. The zero-order valence-electron chi connectivity index (χ0n) is 13.0. The fourth-order valence-electron chi connectivity index (χ4n) is 2.60. The highest BCUT2D eigenvalue weighted by atomic mass is 16.5. The predicted octanol–water partition coefficient (Wildman–Crippen LogP) is 1.79. The van der Waals surface area contributed by atoms with Crippen LogP contribution in [0.15, 0.2) is 12.4 Å². The average Bonchev–Trinajstić information content (AvgIpc) is 2.92. The molecule has 0 spiro atoms. The molecule has 6 nitrogen and oxygen atoms in total. The van der Waals surface area contributed by atoms with Crippen molar-refractivity contribution < 1.29 is 9.53 Å². The van der Waals surface area contributed by atoms with E-state index in [0.29, 0.717) is 19.8 Å². The van der Waals surface area contributed by atoms with E-state index in [4.69, 9.17) is 4.74 Å². The lowest BCUT2D eigenvalue weighted by Crippen LogP contribution is -2.52. The first-order chi connectivity index (χ1) is 10.2. The van der Waals surface area contributed by atoms with Crippen LogP contribution in [0, 0.1) is 6.92 Å². The number of hydrogen-bond donors (Lipinski definition) is 1. The molecule has 1 atom stereocenters. The van der Waals surface area contributed by atoms with E-state index in [1.165, 1.54) is 0 Å². The highest BCUT2D eigenvalue weighted by molar-refractivity contribution is 5.74. The Bertz CT molecular complexity index is 447. The van der Waals surface area contributed by atoms with Crippen LogP contribution in [0.1, 0.15) is 32.0 Å². The number of rotatable bonds is 6. The minimum atomic E-state index is 0.0453. The van der Waals surface area contributed by atoms with Gasteiger partial charge in [0.1, 0.15) is 5.82 Å². The van der Waals surface area contributed by atoms with Gasteiger partial charge < -0.3 is 19.5 Å².